The third-order valence-electron chi connectivity index (χ3n) is 5.32. The van der Waals surface area contributed by atoms with Crippen molar-refractivity contribution in [3.05, 3.63) is 59.6 Å². The standard InChI is InChI=1S/C21H25N8O6P/c1-3-32-21(30)14(2)27-36(31,35-15-7-5-4-6-8-15)33-11-18-16(26-28-22)9-19(34-18)29-13-25-17-10-23-12-24-20(17)29/h4-8,10,12-14,16,18-19H,3,9,11H2,1-2H3,(H,27,31)/t14-,16+,18-,19-,36?/m0/s1. The summed E-state index contributed by atoms with van der Waals surface area (Å²) < 4.78 is 37.8. The van der Waals surface area contributed by atoms with E-state index in [1.54, 1.807) is 54.3 Å². The predicted molar refractivity (Wildman–Crippen MR) is 127 cm³/mol. The van der Waals surface area contributed by atoms with Crippen LogP contribution in [0.25, 0.3) is 21.6 Å². The smallest absolute Gasteiger partial charge is 0.459 e. The highest BCUT2D eigenvalue weighted by Crippen LogP contribution is 2.46. The van der Waals surface area contributed by atoms with Crippen LogP contribution >= 0.6 is 7.75 Å². The maximum atomic E-state index is 13.7. The number of benzene rings is 1. The van der Waals surface area contributed by atoms with E-state index < -0.39 is 38.1 Å². The first-order valence-electron chi connectivity index (χ1n) is 11.2. The third-order valence-corrected chi connectivity index (χ3v) is 6.97. The largest absolute Gasteiger partial charge is 0.465 e. The van der Waals surface area contributed by atoms with E-state index in [-0.39, 0.29) is 19.0 Å². The van der Waals surface area contributed by atoms with Gasteiger partial charge in [0.25, 0.3) is 0 Å². The van der Waals surface area contributed by atoms with E-state index in [0.717, 1.165) is 0 Å². The van der Waals surface area contributed by atoms with Gasteiger partial charge in [0.2, 0.25) is 0 Å². The van der Waals surface area contributed by atoms with Crippen molar-refractivity contribution in [1.82, 2.24) is 24.6 Å². The number of carbonyl (C=O) groups is 1. The van der Waals surface area contributed by atoms with Crippen molar-refractivity contribution in [2.45, 2.75) is 44.7 Å². The van der Waals surface area contributed by atoms with Crippen molar-refractivity contribution in [1.29, 1.82) is 0 Å². The van der Waals surface area contributed by atoms with Crippen molar-refractivity contribution in [2.75, 3.05) is 13.2 Å². The Kier molecular flexibility index (Phi) is 8.14. The molecule has 0 bridgehead atoms. The second kappa shape index (κ2) is 11.5. The average Bonchev–Trinajstić information content (AvgIpc) is 3.48. The van der Waals surface area contributed by atoms with Gasteiger partial charge >= 0.3 is 13.7 Å². The van der Waals surface area contributed by atoms with Crippen LogP contribution in [0.15, 0.2) is 54.3 Å². The van der Waals surface area contributed by atoms with Crippen LogP contribution in [0, 0.1) is 0 Å². The van der Waals surface area contributed by atoms with Crippen molar-refractivity contribution >= 4 is 24.9 Å². The molecule has 15 heteroatoms. The van der Waals surface area contributed by atoms with Gasteiger partial charge in [-0.15, -0.1) is 0 Å². The molecule has 5 atom stereocenters. The molecule has 1 unspecified atom stereocenters. The van der Waals surface area contributed by atoms with Gasteiger partial charge in [0, 0.05) is 11.3 Å². The zero-order chi connectivity index (χ0) is 25.5. The Morgan fingerprint density at radius 2 is 2.19 bits per heavy atom. The molecule has 1 N–H and O–H groups in total. The summed E-state index contributed by atoms with van der Waals surface area (Å²) in [5, 5.41) is 6.43. The number of fused-ring (bicyclic) bond motifs is 1. The minimum Gasteiger partial charge on any atom is -0.465 e. The van der Waals surface area contributed by atoms with Gasteiger partial charge in [0.15, 0.2) is 5.65 Å². The fourth-order valence-corrected chi connectivity index (χ4v) is 5.16. The fourth-order valence-electron chi connectivity index (χ4n) is 3.66. The first-order chi connectivity index (χ1) is 17.4. The number of esters is 1. The molecule has 0 radical (unpaired) electrons. The maximum Gasteiger partial charge on any atom is 0.459 e. The topological polar surface area (TPSA) is 175 Å². The van der Waals surface area contributed by atoms with E-state index in [9.17, 15) is 9.36 Å². The number of carbonyl (C=O) groups excluding carboxylic acids is 1. The number of rotatable bonds is 11. The van der Waals surface area contributed by atoms with E-state index in [1.165, 1.54) is 13.3 Å². The molecule has 1 aliphatic rings. The SMILES string of the molecule is CCOC(=O)[C@H](C)NP(=O)(OC[C@@H]1O[C@H](n2cnc3cncnc32)C[C@H]1N=[N+]=[N-])Oc1ccccc1. The van der Waals surface area contributed by atoms with E-state index in [2.05, 4.69) is 30.1 Å². The van der Waals surface area contributed by atoms with Crippen LogP contribution < -0.4 is 9.61 Å². The summed E-state index contributed by atoms with van der Waals surface area (Å²) in [4.78, 5) is 27.5. The molecule has 0 amide bonds. The summed E-state index contributed by atoms with van der Waals surface area (Å²) in [6, 6.07) is 6.77. The van der Waals surface area contributed by atoms with Crippen molar-refractivity contribution in [3.63, 3.8) is 0 Å². The molecule has 1 aliphatic heterocycles. The Balaban J connectivity index is 1.51. The van der Waals surface area contributed by atoms with Crippen LogP contribution in [0.2, 0.25) is 0 Å². The number of nitrogens with one attached hydrogen (secondary N) is 1. The predicted octanol–water partition coefficient (Wildman–Crippen LogP) is 3.54. The van der Waals surface area contributed by atoms with Gasteiger partial charge < -0.3 is 14.0 Å². The molecule has 1 saturated heterocycles. The normalized spacial score (nSPS) is 21.9. The Bertz CT molecular complexity index is 1280. The minimum atomic E-state index is -4.10. The number of hydrogen-bond acceptors (Lipinski definition) is 10. The van der Waals surface area contributed by atoms with Gasteiger partial charge in [0.05, 0.1) is 37.9 Å². The molecular weight excluding hydrogens is 491 g/mol. The number of nitrogens with zero attached hydrogens (tertiary/aromatic N) is 7. The Morgan fingerprint density at radius 1 is 1.39 bits per heavy atom. The summed E-state index contributed by atoms with van der Waals surface area (Å²) in [7, 11) is -4.10. The monoisotopic (exact) mass is 516 g/mol. The van der Waals surface area contributed by atoms with Gasteiger partial charge in [-0.3, -0.25) is 13.9 Å². The fraction of sp³-hybridized carbons (Fsp3) is 0.429. The lowest BCUT2D eigenvalue weighted by Crippen LogP contribution is -2.36. The molecule has 0 spiro atoms. The number of para-hydroxylation sites is 1. The van der Waals surface area contributed by atoms with E-state index in [0.29, 0.717) is 17.6 Å². The summed E-state index contributed by atoms with van der Waals surface area (Å²) in [5.74, 6) is -0.345. The number of hydrogen-bond donors (Lipinski definition) is 1. The first kappa shape index (κ1) is 25.5. The Morgan fingerprint density at radius 3 is 2.94 bits per heavy atom. The lowest BCUT2D eigenvalue weighted by atomic mass is 10.1. The highest BCUT2D eigenvalue weighted by atomic mass is 31.2. The molecule has 36 heavy (non-hydrogen) atoms. The summed E-state index contributed by atoms with van der Waals surface area (Å²) in [6.07, 6.45) is 3.52. The number of ether oxygens (including phenoxy) is 2. The lowest BCUT2D eigenvalue weighted by molar-refractivity contribution is -0.144. The molecular formula is C21H25N8O6P. The van der Waals surface area contributed by atoms with Crippen molar-refractivity contribution in [2.24, 2.45) is 5.11 Å². The molecule has 2 aromatic heterocycles. The molecule has 190 valence electrons. The quantitative estimate of drug-likeness (QED) is 0.130. The number of imidazole rings is 1. The molecule has 14 nitrogen and oxygen atoms in total. The average molecular weight is 516 g/mol. The van der Waals surface area contributed by atoms with Gasteiger partial charge in [-0.25, -0.2) is 19.5 Å². The van der Waals surface area contributed by atoms with E-state index in [1.807, 2.05) is 0 Å². The van der Waals surface area contributed by atoms with Gasteiger partial charge in [-0.05, 0) is 31.5 Å². The summed E-state index contributed by atoms with van der Waals surface area (Å²) in [5.41, 5.74) is 10.2. The second-order valence-corrected chi connectivity index (χ2v) is 9.51. The summed E-state index contributed by atoms with van der Waals surface area (Å²) >= 11 is 0. The molecule has 0 saturated carbocycles. The molecule has 3 aromatic rings. The molecule has 4 rings (SSSR count). The maximum absolute atomic E-state index is 13.7. The van der Waals surface area contributed by atoms with E-state index >= 15 is 0 Å². The van der Waals surface area contributed by atoms with Gasteiger partial charge in [0.1, 0.15) is 29.9 Å². The zero-order valence-corrected chi connectivity index (χ0v) is 20.5. The van der Waals surface area contributed by atoms with Crippen LogP contribution in [0.3, 0.4) is 0 Å². The highest BCUT2D eigenvalue weighted by molar-refractivity contribution is 7.52. The minimum absolute atomic E-state index is 0.161. The van der Waals surface area contributed by atoms with Crippen LogP contribution in [0.4, 0.5) is 0 Å². The van der Waals surface area contributed by atoms with Gasteiger partial charge in [-0.1, -0.05) is 23.3 Å². The lowest BCUT2D eigenvalue weighted by Gasteiger charge is -2.24. The number of azide groups is 1. The summed E-state index contributed by atoms with van der Waals surface area (Å²) in [6.45, 7) is 3.06. The van der Waals surface area contributed by atoms with Crippen LogP contribution in [0.5, 0.6) is 5.75 Å². The van der Waals surface area contributed by atoms with Crippen LogP contribution in [0.1, 0.15) is 26.5 Å². The Hall–Kier alpha value is -3.54. The van der Waals surface area contributed by atoms with Crippen LogP contribution in [-0.4, -0.2) is 56.9 Å². The molecule has 0 aliphatic carbocycles. The number of aromatic nitrogens is 4. The molecule has 1 fully saturated rings. The van der Waals surface area contributed by atoms with Crippen LogP contribution in [-0.2, 0) is 23.4 Å². The molecule has 3 heterocycles. The Labute approximate surface area is 206 Å². The van der Waals surface area contributed by atoms with Crippen molar-refractivity contribution < 1.29 is 27.9 Å². The second-order valence-electron chi connectivity index (χ2n) is 7.82. The van der Waals surface area contributed by atoms with Crippen molar-refractivity contribution in [3.8, 4) is 5.75 Å². The zero-order valence-electron chi connectivity index (χ0n) is 19.6. The van der Waals surface area contributed by atoms with Gasteiger partial charge in [-0.2, -0.15) is 5.09 Å². The first-order valence-corrected chi connectivity index (χ1v) is 12.7. The molecule has 1 aromatic carbocycles. The highest BCUT2D eigenvalue weighted by Gasteiger charge is 2.40. The van der Waals surface area contributed by atoms with E-state index in [4.69, 9.17) is 24.1 Å². The third kappa shape index (κ3) is 5.99.